The minimum Gasteiger partial charge on any atom is -0.465 e. The van der Waals surface area contributed by atoms with Crippen molar-refractivity contribution < 1.29 is 9.53 Å². The number of esters is 1. The summed E-state index contributed by atoms with van der Waals surface area (Å²) in [5, 5.41) is 4.11. The van der Waals surface area contributed by atoms with Crippen LogP contribution in [0, 0.1) is 3.57 Å². The third kappa shape index (κ3) is 2.21. The Balaban J connectivity index is 2.39. The van der Waals surface area contributed by atoms with Gasteiger partial charge in [0.25, 0.3) is 0 Å². The van der Waals surface area contributed by atoms with Gasteiger partial charge in [-0.1, -0.05) is 0 Å². The van der Waals surface area contributed by atoms with Gasteiger partial charge in [0.15, 0.2) is 5.82 Å². The first-order valence-corrected chi connectivity index (χ1v) is 5.53. The van der Waals surface area contributed by atoms with Crippen molar-refractivity contribution in [1.29, 1.82) is 0 Å². The molecule has 0 fully saturated rings. The van der Waals surface area contributed by atoms with Crippen molar-refractivity contribution >= 4 is 28.6 Å². The van der Waals surface area contributed by atoms with E-state index in [0.717, 1.165) is 3.57 Å². The minimum absolute atomic E-state index is 0.384. The molecule has 0 aromatic carbocycles. The monoisotopic (exact) mass is 329 g/mol. The highest BCUT2D eigenvalue weighted by Crippen LogP contribution is 2.09. The lowest BCUT2D eigenvalue weighted by Crippen LogP contribution is -2.04. The summed E-state index contributed by atoms with van der Waals surface area (Å²) in [6, 6.07) is 3.23. The Labute approximate surface area is 106 Å². The highest BCUT2D eigenvalue weighted by Gasteiger charge is 2.07. The zero-order valence-electron chi connectivity index (χ0n) is 8.42. The molecule has 5 nitrogen and oxygen atoms in total. The standard InChI is InChI=1S/C10H8IN3O2/c1-16-10(15)7-2-3-12-9(4-7)14-6-8(11)5-13-14/h2-6H,1H3. The number of hydrogen-bond acceptors (Lipinski definition) is 4. The van der Waals surface area contributed by atoms with E-state index in [2.05, 4.69) is 37.4 Å². The van der Waals surface area contributed by atoms with Gasteiger partial charge in [-0.15, -0.1) is 0 Å². The molecule has 0 spiro atoms. The van der Waals surface area contributed by atoms with Crippen LogP contribution in [0.25, 0.3) is 5.82 Å². The van der Waals surface area contributed by atoms with Crippen molar-refractivity contribution in [3.63, 3.8) is 0 Å². The number of rotatable bonds is 2. The molecule has 82 valence electrons. The number of nitrogens with zero attached hydrogens (tertiary/aromatic N) is 3. The number of halogens is 1. The second kappa shape index (κ2) is 4.60. The van der Waals surface area contributed by atoms with Crippen molar-refractivity contribution in [1.82, 2.24) is 14.8 Å². The van der Waals surface area contributed by atoms with Crippen molar-refractivity contribution in [3.05, 3.63) is 39.9 Å². The van der Waals surface area contributed by atoms with E-state index in [1.54, 1.807) is 29.2 Å². The van der Waals surface area contributed by atoms with Crippen LogP contribution in [0.1, 0.15) is 10.4 Å². The summed E-state index contributed by atoms with van der Waals surface area (Å²) in [4.78, 5) is 15.5. The summed E-state index contributed by atoms with van der Waals surface area (Å²) in [6.07, 6.45) is 5.09. The first-order chi connectivity index (χ1) is 7.70. The predicted molar refractivity (Wildman–Crippen MR) is 65.4 cm³/mol. The Hall–Kier alpha value is -1.44. The maximum absolute atomic E-state index is 11.3. The van der Waals surface area contributed by atoms with E-state index in [-0.39, 0.29) is 5.97 Å². The van der Waals surface area contributed by atoms with E-state index in [1.807, 2.05) is 6.20 Å². The highest BCUT2D eigenvalue weighted by molar-refractivity contribution is 14.1. The van der Waals surface area contributed by atoms with Gasteiger partial charge >= 0.3 is 5.97 Å². The fraction of sp³-hybridized carbons (Fsp3) is 0.100. The van der Waals surface area contributed by atoms with Crippen LogP contribution in [0.4, 0.5) is 0 Å². The van der Waals surface area contributed by atoms with Crippen LogP contribution in [0.3, 0.4) is 0 Å². The SMILES string of the molecule is COC(=O)c1ccnc(-n2cc(I)cn2)c1. The average Bonchev–Trinajstić information content (AvgIpc) is 2.75. The number of carbonyl (C=O) groups is 1. The lowest BCUT2D eigenvalue weighted by Gasteiger charge is -2.02. The van der Waals surface area contributed by atoms with Crippen LogP contribution in [-0.2, 0) is 4.74 Å². The van der Waals surface area contributed by atoms with E-state index in [0.29, 0.717) is 11.4 Å². The van der Waals surface area contributed by atoms with Crippen LogP contribution >= 0.6 is 22.6 Å². The maximum atomic E-state index is 11.3. The van der Waals surface area contributed by atoms with E-state index < -0.39 is 0 Å². The number of aromatic nitrogens is 3. The Bertz CT molecular complexity index is 524. The Morgan fingerprint density at radius 2 is 2.38 bits per heavy atom. The molecule has 0 atom stereocenters. The van der Waals surface area contributed by atoms with Gasteiger partial charge in [-0.3, -0.25) is 0 Å². The van der Waals surface area contributed by atoms with Gasteiger partial charge in [0, 0.05) is 12.4 Å². The number of ether oxygens (including phenoxy) is 1. The van der Waals surface area contributed by atoms with Crippen molar-refractivity contribution in [2.75, 3.05) is 7.11 Å². The van der Waals surface area contributed by atoms with E-state index in [4.69, 9.17) is 0 Å². The Morgan fingerprint density at radius 3 is 3.00 bits per heavy atom. The van der Waals surface area contributed by atoms with Crippen molar-refractivity contribution in [2.24, 2.45) is 0 Å². The molecule has 2 rings (SSSR count). The summed E-state index contributed by atoms with van der Waals surface area (Å²) < 4.78 is 7.24. The Kier molecular flexibility index (Phi) is 3.18. The molecule has 2 heterocycles. The largest absolute Gasteiger partial charge is 0.465 e. The second-order valence-corrected chi connectivity index (χ2v) is 4.24. The summed E-state index contributed by atoms with van der Waals surface area (Å²) in [6.45, 7) is 0. The summed E-state index contributed by atoms with van der Waals surface area (Å²) in [5.74, 6) is 0.205. The molecule has 0 unspecified atom stereocenters. The number of carbonyl (C=O) groups excluding carboxylic acids is 1. The molecular formula is C10H8IN3O2. The molecule has 0 N–H and O–H groups in total. The van der Waals surface area contributed by atoms with Crippen molar-refractivity contribution in [2.45, 2.75) is 0 Å². The molecular weight excluding hydrogens is 321 g/mol. The third-order valence-corrected chi connectivity index (χ3v) is 2.51. The first-order valence-electron chi connectivity index (χ1n) is 4.45. The summed E-state index contributed by atoms with van der Waals surface area (Å²) in [7, 11) is 1.35. The predicted octanol–water partition coefficient (Wildman–Crippen LogP) is 1.66. The smallest absolute Gasteiger partial charge is 0.338 e. The van der Waals surface area contributed by atoms with Crippen LogP contribution in [0.5, 0.6) is 0 Å². The molecule has 0 aliphatic rings. The fourth-order valence-corrected chi connectivity index (χ4v) is 1.60. The van der Waals surface area contributed by atoms with Gasteiger partial charge < -0.3 is 4.74 Å². The van der Waals surface area contributed by atoms with Gasteiger partial charge in [-0.25, -0.2) is 14.5 Å². The fourth-order valence-electron chi connectivity index (χ4n) is 1.21. The molecule has 2 aromatic heterocycles. The lowest BCUT2D eigenvalue weighted by atomic mass is 10.2. The molecule has 0 saturated carbocycles. The molecule has 0 aliphatic carbocycles. The third-order valence-electron chi connectivity index (χ3n) is 1.95. The zero-order chi connectivity index (χ0) is 11.5. The topological polar surface area (TPSA) is 57.0 Å². The molecule has 0 bridgehead atoms. The molecule has 0 amide bonds. The van der Waals surface area contributed by atoms with Gasteiger partial charge in [0.05, 0.1) is 22.4 Å². The average molecular weight is 329 g/mol. The van der Waals surface area contributed by atoms with E-state index in [9.17, 15) is 4.79 Å². The Morgan fingerprint density at radius 1 is 1.56 bits per heavy atom. The van der Waals surface area contributed by atoms with Gasteiger partial charge in [-0.05, 0) is 34.7 Å². The quantitative estimate of drug-likeness (QED) is 0.621. The number of methoxy groups -OCH3 is 1. The minimum atomic E-state index is -0.384. The van der Waals surface area contributed by atoms with Crippen LogP contribution in [-0.4, -0.2) is 27.8 Å². The molecule has 6 heteroatoms. The molecule has 2 aromatic rings. The summed E-state index contributed by atoms with van der Waals surface area (Å²) >= 11 is 2.15. The maximum Gasteiger partial charge on any atom is 0.338 e. The van der Waals surface area contributed by atoms with Crippen LogP contribution < -0.4 is 0 Å². The van der Waals surface area contributed by atoms with Crippen molar-refractivity contribution in [3.8, 4) is 5.82 Å². The van der Waals surface area contributed by atoms with Crippen LogP contribution in [0.15, 0.2) is 30.7 Å². The summed E-state index contributed by atoms with van der Waals surface area (Å²) in [5.41, 5.74) is 0.456. The first kappa shape index (κ1) is 11.1. The molecule has 16 heavy (non-hydrogen) atoms. The second-order valence-electron chi connectivity index (χ2n) is 3.00. The zero-order valence-corrected chi connectivity index (χ0v) is 10.6. The number of hydrogen-bond donors (Lipinski definition) is 0. The van der Waals surface area contributed by atoms with E-state index in [1.165, 1.54) is 7.11 Å². The van der Waals surface area contributed by atoms with Gasteiger partial charge in [0.1, 0.15) is 0 Å². The van der Waals surface area contributed by atoms with Gasteiger partial charge in [0.2, 0.25) is 0 Å². The molecule has 0 aliphatic heterocycles. The van der Waals surface area contributed by atoms with Gasteiger partial charge in [-0.2, -0.15) is 5.10 Å². The molecule has 0 saturated heterocycles. The lowest BCUT2D eigenvalue weighted by molar-refractivity contribution is 0.0600. The highest BCUT2D eigenvalue weighted by atomic mass is 127. The van der Waals surface area contributed by atoms with Crippen LogP contribution in [0.2, 0.25) is 0 Å². The number of pyridine rings is 1. The molecule has 0 radical (unpaired) electrons. The van der Waals surface area contributed by atoms with E-state index >= 15 is 0 Å². The normalized spacial score (nSPS) is 10.1.